The van der Waals surface area contributed by atoms with Crippen LogP contribution in [0.25, 0.3) is 0 Å². The van der Waals surface area contributed by atoms with Gasteiger partial charge in [0, 0.05) is 25.4 Å². The topological polar surface area (TPSA) is 63.7 Å². The average molecular weight is 339 g/mol. The van der Waals surface area contributed by atoms with Crippen molar-refractivity contribution in [3.8, 4) is 5.75 Å². The highest BCUT2D eigenvalue weighted by molar-refractivity contribution is 7.89. The van der Waals surface area contributed by atoms with Crippen LogP contribution in [-0.4, -0.2) is 38.7 Å². The van der Waals surface area contributed by atoms with Gasteiger partial charge in [0.1, 0.15) is 16.4 Å². The Morgan fingerprint density at radius 2 is 1.78 bits per heavy atom. The Morgan fingerprint density at radius 1 is 1.22 bits per heavy atom. The molecule has 2 rings (SSSR count). The normalized spacial score (nSPS) is 17.2. The molecule has 5 nitrogen and oxygen atoms in total. The molecular weight excluding hydrogens is 314 g/mol. The van der Waals surface area contributed by atoms with Crippen molar-refractivity contribution in [3.05, 3.63) is 23.3 Å². The van der Waals surface area contributed by atoms with E-state index in [-0.39, 0.29) is 16.6 Å². The van der Waals surface area contributed by atoms with Crippen LogP contribution in [0.4, 0.5) is 0 Å². The monoisotopic (exact) mass is 339 g/mol. The highest BCUT2D eigenvalue weighted by atomic mass is 32.2. The molecule has 128 valence electrons. The minimum absolute atomic E-state index is 0.00639. The van der Waals surface area contributed by atoms with E-state index < -0.39 is 10.0 Å². The van der Waals surface area contributed by atoms with E-state index >= 15 is 0 Å². The average Bonchev–Trinajstić information content (AvgIpc) is 2.56. The maximum absolute atomic E-state index is 12.9. The lowest BCUT2D eigenvalue weighted by Crippen LogP contribution is -2.40. The summed E-state index contributed by atoms with van der Waals surface area (Å²) in [5.41, 5.74) is 1.91. The van der Waals surface area contributed by atoms with Gasteiger partial charge in [-0.2, -0.15) is 4.31 Å². The first-order valence-electron chi connectivity index (χ1n) is 7.99. The Morgan fingerprint density at radius 3 is 2.30 bits per heavy atom. The quantitative estimate of drug-likeness (QED) is 0.827. The summed E-state index contributed by atoms with van der Waals surface area (Å²) in [6.07, 6.45) is 1.71. The van der Waals surface area contributed by atoms with Crippen LogP contribution in [0, 0.1) is 19.8 Å². The third kappa shape index (κ3) is 3.58. The van der Waals surface area contributed by atoms with Crippen LogP contribution in [0.3, 0.4) is 0 Å². The molecule has 0 bridgehead atoms. The smallest absolute Gasteiger partial charge is 0.246 e. The van der Waals surface area contributed by atoms with Crippen molar-refractivity contribution in [3.63, 3.8) is 0 Å². The lowest BCUT2D eigenvalue weighted by molar-refractivity contribution is -0.123. The molecule has 0 amide bonds. The van der Waals surface area contributed by atoms with Crippen molar-refractivity contribution >= 4 is 15.8 Å². The van der Waals surface area contributed by atoms with E-state index in [4.69, 9.17) is 4.74 Å². The van der Waals surface area contributed by atoms with Gasteiger partial charge >= 0.3 is 0 Å². The van der Waals surface area contributed by atoms with Gasteiger partial charge in [-0.1, -0.05) is 6.92 Å². The molecule has 0 radical (unpaired) electrons. The molecule has 0 unspecified atom stereocenters. The molecule has 0 atom stereocenters. The van der Waals surface area contributed by atoms with Crippen molar-refractivity contribution in [2.24, 2.45) is 5.92 Å². The third-order valence-corrected chi connectivity index (χ3v) is 6.58. The number of piperidine rings is 1. The molecule has 23 heavy (non-hydrogen) atoms. The standard InChI is InChI=1S/C17H25NO4S/c1-5-15(19)14-6-8-18(9-7-14)23(20,21)17-11-13(3)12(2)10-16(17)22-4/h10-11,14H,5-9H2,1-4H3. The second-order valence-corrected chi connectivity index (χ2v) is 7.99. The number of Topliss-reactive ketones (excluding diaryl/α,β-unsaturated/α-hetero) is 1. The summed E-state index contributed by atoms with van der Waals surface area (Å²) in [6.45, 7) is 6.44. The first-order valence-corrected chi connectivity index (χ1v) is 9.43. The zero-order valence-corrected chi connectivity index (χ0v) is 15.1. The second kappa shape index (κ2) is 7.01. The molecule has 1 heterocycles. The van der Waals surface area contributed by atoms with Crippen LogP contribution in [-0.2, 0) is 14.8 Å². The fourth-order valence-electron chi connectivity index (χ4n) is 2.97. The van der Waals surface area contributed by atoms with Crippen molar-refractivity contribution in [2.45, 2.75) is 44.9 Å². The number of sulfonamides is 1. The van der Waals surface area contributed by atoms with Crippen molar-refractivity contribution < 1.29 is 17.9 Å². The lowest BCUT2D eigenvalue weighted by atomic mass is 9.92. The number of ketones is 1. The Balaban J connectivity index is 2.27. The molecule has 0 saturated carbocycles. The summed E-state index contributed by atoms with van der Waals surface area (Å²) in [5.74, 6) is 0.596. The van der Waals surface area contributed by atoms with E-state index in [1.807, 2.05) is 20.8 Å². The molecule has 0 N–H and O–H groups in total. The molecule has 1 aromatic carbocycles. The summed E-state index contributed by atoms with van der Waals surface area (Å²) < 4.78 is 32.6. The van der Waals surface area contributed by atoms with Crippen LogP contribution in [0.15, 0.2) is 17.0 Å². The Kier molecular flexibility index (Phi) is 5.47. The van der Waals surface area contributed by atoms with E-state index in [9.17, 15) is 13.2 Å². The highest BCUT2D eigenvalue weighted by Gasteiger charge is 2.33. The molecular formula is C17H25NO4S. The number of methoxy groups -OCH3 is 1. The number of carbonyl (C=O) groups is 1. The minimum Gasteiger partial charge on any atom is -0.495 e. The fourth-order valence-corrected chi connectivity index (χ4v) is 4.66. The predicted octanol–water partition coefficient (Wildman–Crippen LogP) is 2.69. The fraction of sp³-hybridized carbons (Fsp3) is 0.588. The number of benzene rings is 1. The summed E-state index contributed by atoms with van der Waals surface area (Å²) in [5, 5.41) is 0. The zero-order chi connectivity index (χ0) is 17.2. The molecule has 0 spiro atoms. The first kappa shape index (κ1) is 17.9. The first-order chi connectivity index (χ1) is 10.8. The number of rotatable bonds is 5. The van der Waals surface area contributed by atoms with Crippen LogP contribution >= 0.6 is 0 Å². The van der Waals surface area contributed by atoms with E-state index in [1.165, 1.54) is 11.4 Å². The number of ether oxygens (including phenoxy) is 1. The van der Waals surface area contributed by atoms with Gasteiger partial charge < -0.3 is 4.74 Å². The van der Waals surface area contributed by atoms with Gasteiger partial charge in [-0.3, -0.25) is 4.79 Å². The summed E-state index contributed by atoms with van der Waals surface area (Å²) in [4.78, 5) is 12.0. The summed E-state index contributed by atoms with van der Waals surface area (Å²) in [6, 6.07) is 3.43. The molecule has 0 aliphatic carbocycles. The predicted molar refractivity (Wildman–Crippen MR) is 89.2 cm³/mol. The van der Waals surface area contributed by atoms with Crippen LogP contribution < -0.4 is 4.74 Å². The Labute approximate surface area is 138 Å². The molecule has 1 aliphatic heterocycles. The van der Waals surface area contributed by atoms with Gasteiger partial charge in [0.2, 0.25) is 10.0 Å². The highest BCUT2D eigenvalue weighted by Crippen LogP contribution is 2.32. The third-order valence-electron chi connectivity index (χ3n) is 4.66. The minimum atomic E-state index is -3.60. The van der Waals surface area contributed by atoms with Crippen LogP contribution in [0.2, 0.25) is 0 Å². The van der Waals surface area contributed by atoms with Crippen LogP contribution in [0.5, 0.6) is 5.75 Å². The van der Waals surface area contributed by atoms with Gasteiger partial charge in [-0.15, -0.1) is 0 Å². The number of hydrogen-bond acceptors (Lipinski definition) is 4. The number of hydrogen-bond donors (Lipinski definition) is 0. The zero-order valence-electron chi connectivity index (χ0n) is 14.3. The molecule has 6 heteroatoms. The largest absolute Gasteiger partial charge is 0.495 e. The van der Waals surface area contributed by atoms with Crippen molar-refractivity contribution in [1.29, 1.82) is 0 Å². The summed E-state index contributed by atoms with van der Waals surface area (Å²) in [7, 11) is -2.12. The van der Waals surface area contributed by atoms with Gasteiger partial charge in [-0.25, -0.2) is 8.42 Å². The maximum atomic E-state index is 12.9. The van der Waals surface area contributed by atoms with E-state index in [0.29, 0.717) is 38.1 Å². The molecule has 0 aromatic heterocycles. The van der Waals surface area contributed by atoms with E-state index in [0.717, 1.165) is 11.1 Å². The number of aryl methyl sites for hydroxylation is 2. The van der Waals surface area contributed by atoms with Crippen molar-refractivity contribution in [1.82, 2.24) is 4.31 Å². The molecule has 1 fully saturated rings. The second-order valence-electron chi connectivity index (χ2n) is 6.09. The SMILES string of the molecule is CCC(=O)C1CCN(S(=O)(=O)c2cc(C)c(C)cc2OC)CC1. The summed E-state index contributed by atoms with van der Waals surface area (Å²) >= 11 is 0. The van der Waals surface area contributed by atoms with Crippen LogP contribution in [0.1, 0.15) is 37.3 Å². The van der Waals surface area contributed by atoms with Gasteiger partial charge in [0.15, 0.2) is 0 Å². The maximum Gasteiger partial charge on any atom is 0.246 e. The Hall–Kier alpha value is -1.40. The van der Waals surface area contributed by atoms with E-state index in [1.54, 1.807) is 12.1 Å². The number of carbonyl (C=O) groups excluding carboxylic acids is 1. The van der Waals surface area contributed by atoms with Gasteiger partial charge in [-0.05, 0) is 49.9 Å². The number of nitrogens with zero attached hydrogens (tertiary/aromatic N) is 1. The molecule has 1 aliphatic rings. The molecule has 1 saturated heterocycles. The molecule has 1 aromatic rings. The van der Waals surface area contributed by atoms with Crippen molar-refractivity contribution in [2.75, 3.05) is 20.2 Å². The van der Waals surface area contributed by atoms with Gasteiger partial charge in [0.25, 0.3) is 0 Å². The Bertz CT molecular complexity index is 689. The van der Waals surface area contributed by atoms with E-state index in [2.05, 4.69) is 0 Å². The lowest BCUT2D eigenvalue weighted by Gasteiger charge is -2.31. The van der Waals surface area contributed by atoms with Gasteiger partial charge in [0.05, 0.1) is 7.11 Å².